The van der Waals surface area contributed by atoms with E-state index in [2.05, 4.69) is 5.32 Å². The summed E-state index contributed by atoms with van der Waals surface area (Å²) in [5.74, 6) is 0.215. The van der Waals surface area contributed by atoms with Crippen LogP contribution in [0.4, 0.5) is 4.39 Å². The van der Waals surface area contributed by atoms with E-state index in [4.69, 9.17) is 4.42 Å². The fourth-order valence-electron chi connectivity index (χ4n) is 2.11. The number of benzene rings is 1. The van der Waals surface area contributed by atoms with Gasteiger partial charge in [-0.25, -0.2) is 4.39 Å². The van der Waals surface area contributed by atoms with Crippen molar-refractivity contribution < 1.29 is 13.6 Å². The van der Waals surface area contributed by atoms with E-state index in [0.717, 1.165) is 5.76 Å². The van der Waals surface area contributed by atoms with Crippen LogP contribution in [0.3, 0.4) is 0 Å². The Labute approximate surface area is 123 Å². The molecule has 1 unspecified atom stereocenters. The van der Waals surface area contributed by atoms with E-state index >= 15 is 0 Å². The van der Waals surface area contributed by atoms with Crippen molar-refractivity contribution in [3.63, 3.8) is 0 Å². The van der Waals surface area contributed by atoms with Crippen LogP contribution in [-0.2, 0) is 11.2 Å². The molecule has 1 aromatic heterocycles. The Morgan fingerprint density at radius 3 is 2.67 bits per heavy atom. The van der Waals surface area contributed by atoms with Crippen molar-refractivity contribution in [2.75, 3.05) is 20.6 Å². The minimum Gasteiger partial charge on any atom is -0.468 e. The summed E-state index contributed by atoms with van der Waals surface area (Å²) in [5.41, 5.74) is 0.398. The van der Waals surface area contributed by atoms with Gasteiger partial charge in [-0.1, -0.05) is 18.2 Å². The summed E-state index contributed by atoms with van der Waals surface area (Å²) in [6, 6.07) is 9.93. The molecule has 1 atom stereocenters. The molecule has 0 aliphatic heterocycles. The Bertz CT molecular complexity index is 582. The summed E-state index contributed by atoms with van der Waals surface area (Å²) in [5, 5.41) is 2.82. The summed E-state index contributed by atoms with van der Waals surface area (Å²) < 4.78 is 18.9. The van der Waals surface area contributed by atoms with Crippen LogP contribution in [0.1, 0.15) is 17.4 Å². The van der Waals surface area contributed by atoms with Crippen LogP contribution in [-0.4, -0.2) is 31.4 Å². The summed E-state index contributed by atoms with van der Waals surface area (Å²) in [7, 11) is 3.83. The molecule has 1 aromatic carbocycles. The Balaban J connectivity index is 1.92. The minimum absolute atomic E-state index is 0.0327. The molecule has 1 amide bonds. The van der Waals surface area contributed by atoms with Crippen LogP contribution in [0.5, 0.6) is 0 Å². The van der Waals surface area contributed by atoms with Crippen LogP contribution in [0.15, 0.2) is 47.1 Å². The van der Waals surface area contributed by atoms with Gasteiger partial charge in [-0.15, -0.1) is 0 Å². The molecule has 0 aliphatic rings. The lowest BCUT2D eigenvalue weighted by atomic mass is 10.1. The highest BCUT2D eigenvalue weighted by Gasteiger charge is 2.18. The molecule has 0 saturated carbocycles. The van der Waals surface area contributed by atoms with Crippen LogP contribution < -0.4 is 5.32 Å². The molecule has 1 N–H and O–H groups in total. The summed E-state index contributed by atoms with van der Waals surface area (Å²) in [4.78, 5) is 13.9. The first kappa shape index (κ1) is 15.3. The van der Waals surface area contributed by atoms with Crippen LogP contribution in [0.2, 0.25) is 0 Å². The van der Waals surface area contributed by atoms with E-state index in [1.54, 1.807) is 24.5 Å². The number of nitrogens with zero attached hydrogens (tertiary/aromatic N) is 1. The molecule has 0 spiro atoms. The second kappa shape index (κ2) is 7.04. The monoisotopic (exact) mass is 290 g/mol. The number of hydrogen-bond acceptors (Lipinski definition) is 3. The van der Waals surface area contributed by atoms with Gasteiger partial charge in [0.1, 0.15) is 11.6 Å². The Kier molecular flexibility index (Phi) is 5.11. The zero-order chi connectivity index (χ0) is 15.2. The van der Waals surface area contributed by atoms with Gasteiger partial charge >= 0.3 is 0 Å². The fourth-order valence-corrected chi connectivity index (χ4v) is 2.11. The highest BCUT2D eigenvalue weighted by molar-refractivity contribution is 5.78. The number of likely N-dealkylation sites (N-methyl/N-ethyl adjacent to an activating group) is 1. The number of carbonyl (C=O) groups excluding carboxylic acids is 1. The van der Waals surface area contributed by atoms with Gasteiger partial charge in [0, 0.05) is 6.54 Å². The topological polar surface area (TPSA) is 45.5 Å². The number of nitrogens with one attached hydrogen (secondary N) is 1. The lowest BCUT2D eigenvalue weighted by Crippen LogP contribution is -2.35. The van der Waals surface area contributed by atoms with Crippen molar-refractivity contribution in [2.24, 2.45) is 0 Å². The number of furan rings is 1. The first-order chi connectivity index (χ1) is 10.1. The number of halogens is 1. The molecule has 21 heavy (non-hydrogen) atoms. The zero-order valence-corrected chi connectivity index (χ0v) is 12.2. The molecule has 2 aromatic rings. The molecule has 112 valence electrons. The SMILES string of the molecule is CN(C)C(CNC(=O)Cc1ccccc1F)c1ccco1. The summed E-state index contributed by atoms with van der Waals surface area (Å²) >= 11 is 0. The van der Waals surface area contributed by atoms with Crippen molar-refractivity contribution in [1.29, 1.82) is 0 Å². The molecule has 0 bridgehead atoms. The van der Waals surface area contributed by atoms with E-state index in [1.807, 2.05) is 31.1 Å². The van der Waals surface area contributed by atoms with Gasteiger partial charge in [0.2, 0.25) is 5.91 Å². The third kappa shape index (κ3) is 4.16. The van der Waals surface area contributed by atoms with E-state index in [1.165, 1.54) is 6.07 Å². The van der Waals surface area contributed by atoms with E-state index in [9.17, 15) is 9.18 Å². The normalized spacial score (nSPS) is 12.4. The highest BCUT2D eigenvalue weighted by Crippen LogP contribution is 2.17. The maximum Gasteiger partial charge on any atom is 0.224 e. The number of carbonyl (C=O) groups is 1. The maximum atomic E-state index is 13.5. The van der Waals surface area contributed by atoms with Gasteiger partial charge in [-0.05, 0) is 37.9 Å². The smallest absolute Gasteiger partial charge is 0.224 e. The summed E-state index contributed by atoms with van der Waals surface area (Å²) in [6.07, 6.45) is 1.64. The lowest BCUT2D eigenvalue weighted by molar-refractivity contribution is -0.120. The Morgan fingerprint density at radius 1 is 1.29 bits per heavy atom. The standard InChI is InChI=1S/C16H19FN2O2/c1-19(2)14(15-8-5-9-21-15)11-18-16(20)10-12-6-3-4-7-13(12)17/h3-9,14H,10-11H2,1-2H3,(H,18,20). The number of rotatable bonds is 6. The van der Waals surface area contributed by atoms with Gasteiger partial charge in [0.15, 0.2) is 0 Å². The van der Waals surface area contributed by atoms with Crippen LogP contribution in [0, 0.1) is 5.82 Å². The van der Waals surface area contributed by atoms with E-state index in [-0.39, 0.29) is 24.2 Å². The molecule has 0 aliphatic carbocycles. The molecular formula is C16H19FN2O2. The molecule has 5 heteroatoms. The molecule has 4 nitrogen and oxygen atoms in total. The largest absolute Gasteiger partial charge is 0.468 e. The Hall–Kier alpha value is -2.14. The van der Waals surface area contributed by atoms with Crippen molar-refractivity contribution in [3.8, 4) is 0 Å². The third-order valence-corrected chi connectivity index (χ3v) is 3.30. The number of hydrogen-bond donors (Lipinski definition) is 1. The predicted octanol–water partition coefficient (Wildman–Crippen LogP) is 2.38. The van der Waals surface area contributed by atoms with Crippen molar-refractivity contribution in [3.05, 3.63) is 59.8 Å². The second-order valence-electron chi connectivity index (χ2n) is 5.07. The fraction of sp³-hybridized carbons (Fsp3) is 0.312. The molecule has 1 heterocycles. The molecular weight excluding hydrogens is 271 g/mol. The van der Waals surface area contributed by atoms with Gasteiger partial charge in [-0.2, -0.15) is 0 Å². The zero-order valence-electron chi connectivity index (χ0n) is 12.2. The lowest BCUT2D eigenvalue weighted by Gasteiger charge is -2.22. The van der Waals surface area contributed by atoms with E-state index < -0.39 is 0 Å². The van der Waals surface area contributed by atoms with Crippen LogP contribution >= 0.6 is 0 Å². The average molecular weight is 290 g/mol. The molecule has 0 saturated heterocycles. The first-order valence-corrected chi connectivity index (χ1v) is 6.78. The van der Waals surface area contributed by atoms with Crippen molar-refractivity contribution in [2.45, 2.75) is 12.5 Å². The average Bonchev–Trinajstić information content (AvgIpc) is 2.95. The summed E-state index contributed by atoms with van der Waals surface area (Å²) in [6.45, 7) is 0.411. The Morgan fingerprint density at radius 2 is 2.05 bits per heavy atom. The van der Waals surface area contributed by atoms with Crippen molar-refractivity contribution >= 4 is 5.91 Å². The quantitative estimate of drug-likeness (QED) is 0.888. The predicted molar refractivity (Wildman–Crippen MR) is 78.2 cm³/mol. The molecule has 0 radical (unpaired) electrons. The van der Waals surface area contributed by atoms with Gasteiger partial charge in [-0.3, -0.25) is 9.69 Å². The van der Waals surface area contributed by atoms with E-state index in [0.29, 0.717) is 12.1 Å². The second-order valence-corrected chi connectivity index (χ2v) is 5.07. The number of amides is 1. The first-order valence-electron chi connectivity index (χ1n) is 6.78. The molecule has 0 fully saturated rings. The third-order valence-electron chi connectivity index (χ3n) is 3.30. The molecule has 2 rings (SSSR count). The van der Waals surface area contributed by atoms with Gasteiger partial charge in [0.25, 0.3) is 0 Å². The van der Waals surface area contributed by atoms with Crippen molar-refractivity contribution in [1.82, 2.24) is 10.2 Å². The maximum absolute atomic E-state index is 13.5. The minimum atomic E-state index is -0.358. The van der Waals surface area contributed by atoms with Gasteiger partial charge < -0.3 is 9.73 Å². The van der Waals surface area contributed by atoms with Gasteiger partial charge in [0.05, 0.1) is 18.7 Å². The highest BCUT2D eigenvalue weighted by atomic mass is 19.1. The van der Waals surface area contributed by atoms with Crippen LogP contribution in [0.25, 0.3) is 0 Å².